The Bertz CT molecular complexity index is 929. The Balaban J connectivity index is 1.92. The van der Waals surface area contributed by atoms with E-state index in [9.17, 15) is 19.7 Å². The first-order valence-corrected chi connectivity index (χ1v) is 8.66. The van der Waals surface area contributed by atoms with Crippen LogP contribution in [-0.2, 0) is 14.3 Å². The number of nitro groups is 1. The van der Waals surface area contributed by atoms with Crippen LogP contribution in [0.25, 0.3) is 0 Å². The van der Waals surface area contributed by atoms with Crippen LogP contribution in [0.15, 0.2) is 30.3 Å². The average Bonchev–Trinajstić information content (AvgIpc) is 2.64. The predicted octanol–water partition coefficient (Wildman–Crippen LogP) is 3.73. The summed E-state index contributed by atoms with van der Waals surface area (Å²) in [5, 5.41) is 13.9. The lowest BCUT2D eigenvalue weighted by atomic mass is 10.1. The number of nitrogens with zero attached hydrogens (tertiary/aromatic N) is 1. The van der Waals surface area contributed by atoms with E-state index in [2.05, 4.69) is 5.32 Å². The average molecular weight is 407 g/mol. The fourth-order valence-corrected chi connectivity index (χ4v) is 2.50. The topological polar surface area (TPSA) is 108 Å². The van der Waals surface area contributed by atoms with Crippen LogP contribution in [0.3, 0.4) is 0 Å². The van der Waals surface area contributed by atoms with Crippen LogP contribution in [0.5, 0.6) is 5.75 Å². The van der Waals surface area contributed by atoms with Gasteiger partial charge in [0.15, 0.2) is 13.2 Å². The van der Waals surface area contributed by atoms with E-state index in [0.29, 0.717) is 16.3 Å². The fourth-order valence-electron chi connectivity index (χ4n) is 2.33. The van der Waals surface area contributed by atoms with Crippen LogP contribution in [0.2, 0.25) is 5.02 Å². The number of carbonyl (C=O) groups is 2. The van der Waals surface area contributed by atoms with E-state index in [1.807, 2.05) is 6.92 Å². The second-order valence-corrected chi connectivity index (χ2v) is 6.50. The van der Waals surface area contributed by atoms with Crippen LogP contribution < -0.4 is 10.1 Å². The lowest BCUT2D eigenvalue weighted by Crippen LogP contribution is -2.24. The Kier molecular flexibility index (Phi) is 6.94. The second-order valence-electron chi connectivity index (χ2n) is 6.09. The molecule has 0 aliphatic carbocycles. The third-order valence-corrected chi connectivity index (χ3v) is 4.28. The summed E-state index contributed by atoms with van der Waals surface area (Å²) in [6.45, 7) is 4.23. The van der Waals surface area contributed by atoms with E-state index >= 15 is 0 Å². The lowest BCUT2D eigenvalue weighted by Gasteiger charge is -2.12. The van der Waals surface area contributed by atoms with Crippen LogP contribution in [-0.4, -0.2) is 30.0 Å². The molecular formula is C19H19ClN2O6. The molecule has 0 bridgehead atoms. The molecule has 1 amide bonds. The number of benzene rings is 2. The molecule has 0 saturated carbocycles. The first kappa shape index (κ1) is 21.2. The van der Waals surface area contributed by atoms with Crippen molar-refractivity contribution in [3.63, 3.8) is 0 Å². The summed E-state index contributed by atoms with van der Waals surface area (Å²) in [6, 6.07) is 8.01. The maximum atomic E-state index is 12.1. The highest BCUT2D eigenvalue weighted by Gasteiger charge is 2.20. The minimum Gasteiger partial charge on any atom is -0.480 e. The molecule has 0 fully saturated rings. The molecule has 0 aliphatic rings. The molecule has 0 atom stereocenters. The lowest BCUT2D eigenvalue weighted by molar-refractivity contribution is -0.384. The van der Waals surface area contributed by atoms with Crippen LogP contribution in [0.4, 0.5) is 11.4 Å². The summed E-state index contributed by atoms with van der Waals surface area (Å²) in [4.78, 5) is 34.4. The number of ether oxygens (including phenoxy) is 2. The monoisotopic (exact) mass is 406 g/mol. The van der Waals surface area contributed by atoms with Gasteiger partial charge in [-0.2, -0.15) is 0 Å². The summed E-state index contributed by atoms with van der Waals surface area (Å²) in [6.07, 6.45) is 0. The van der Waals surface area contributed by atoms with Gasteiger partial charge >= 0.3 is 5.97 Å². The van der Waals surface area contributed by atoms with Crippen LogP contribution in [0, 0.1) is 30.9 Å². The van der Waals surface area contributed by atoms with E-state index in [1.54, 1.807) is 38.1 Å². The zero-order chi connectivity index (χ0) is 20.8. The van der Waals surface area contributed by atoms with Gasteiger partial charge in [-0.05, 0) is 49.6 Å². The molecule has 0 aromatic heterocycles. The molecule has 0 unspecified atom stereocenters. The summed E-state index contributed by atoms with van der Waals surface area (Å²) < 4.78 is 10.1. The number of carbonyl (C=O) groups excluding carboxylic acids is 2. The van der Waals surface area contributed by atoms with Gasteiger partial charge in [-0.25, -0.2) is 4.79 Å². The van der Waals surface area contributed by atoms with Crippen molar-refractivity contribution >= 4 is 34.9 Å². The highest BCUT2D eigenvalue weighted by Crippen LogP contribution is 2.30. The number of nitrogens with one attached hydrogen (secondary N) is 1. The zero-order valence-corrected chi connectivity index (χ0v) is 16.3. The van der Waals surface area contributed by atoms with Crippen molar-refractivity contribution < 1.29 is 24.0 Å². The van der Waals surface area contributed by atoms with Crippen LogP contribution in [0.1, 0.15) is 16.7 Å². The number of aryl methyl sites for hydroxylation is 2. The number of halogens is 1. The number of esters is 1. The number of nitro benzene ring substituents is 1. The van der Waals surface area contributed by atoms with Gasteiger partial charge in [-0.3, -0.25) is 14.9 Å². The first-order valence-electron chi connectivity index (χ1n) is 8.28. The van der Waals surface area contributed by atoms with Gasteiger partial charge < -0.3 is 14.8 Å². The normalized spacial score (nSPS) is 10.3. The van der Waals surface area contributed by atoms with Crippen molar-refractivity contribution in [3.8, 4) is 5.75 Å². The molecule has 0 spiro atoms. The van der Waals surface area contributed by atoms with Gasteiger partial charge in [-0.15, -0.1) is 0 Å². The van der Waals surface area contributed by atoms with E-state index in [-0.39, 0.29) is 11.4 Å². The summed E-state index contributed by atoms with van der Waals surface area (Å²) in [5.74, 6) is -1.14. The summed E-state index contributed by atoms with van der Waals surface area (Å²) in [5.41, 5.74) is 2.09. The molecule has 0 saturated heterocycles. The highest BCUT2D eigenvalue weighted by atomic mass is 35.5. The van der Waals surface area contributed by atoms with Gasteiger partial charge in [-0.1, -0.05) is 23.7 Å². The molecule has 0 aliphatic heterocycles. The minimum atomic E-state index is -0.775. The van der Waals surface area contributed by atoms with E-state index < -0.39 is 30.0 Å². The molecule has 8 nitrogen and oxygen atoms in total. The molecule has 2 aromatic carbocycles. The molecule has 148 valence electrons. The Morgan fingerprint density at radius 2 is 1.86 bits per heavy atom. The molecule has 9 heteroatoms. The minimum absolute atomic E-state index is 0.0776. The molecule has 0 radical (unpaired) electrons. The number of hydrogen-bond donors (Lipinski definition) is 1. The van der Waals surface area contributed by atoms with E-state index in [4.69, 9.17) is 21.1 Å². The van der Waals surface area contributed by atoms with Gasteiger partial charge in [0, 0.05) is 6.07 Å². The highest BCUT2D eigenvalue weighted by molar-refractivity contribution is 6.32. The predicted molar refractivity (Wildman–Crippen MR) is 104 cm³/mol. The standard InChI is InChI=1S/C19H19ClN2O6/c1-11-4-6-14(20)16(8-11)27-10-18(24)28-9-17(23)21-19-13(3)12(2)5-7-15(19)22(25)26/h4-8H,9-10H2,1-3H3,(H,21,23). The van der Waals surface area contributed by atoms with Crippen molar-refractivity contribution in [2.45, 2.75) is 20.8 Å². The van der Waals surface area contributed by atoms with Crippen molar-refractivity contribution in [1.29, 1.82) is 0 Å². The second kappa shape index (κ2) is 9.18. The maximum absolute atomic E-state index is 12.1. The van der Waals surface area contributed by atoms with Crippen molar-refractivity contribution in [3.05, 3.63) is 62.2 Å². The van der Waals surface area contributed by atoms with Gasteiger partial charge in [0.1, 0.15) is 11.4 Å². The molecule has 1 N–H and O–H groups in total. The third-order valence-electron chi connectivity index (χ3n) is 3.97. The summed E-state index contributed by atoms with van der Waals surface area (Å²) in [7, 11) is 0. The van der Waals surface area contributed by atoms with E-state index in [1.165, 1.54) is 6.07 Å². The molecular weight excluding hydrogens is 388 g/mol. The number of hydrogen-bond acceptors (Lipinski definition) is 6. The SMILES string of the molecule is Cc1ccc(Cl)c(OCC(=O)OCC(=O)Nc2c([N+](=O)[O-])ccc(C)c2C)c1. The first-order chi connectivity index (χ1) is 13.2. The largest absolute Gasteiger partial charge is 0.480 e. The summed E-state index contributed by atoms with van der Waals surface area (Å²) >= 11 is 5.97. The third kappa shape index (κ3) is 5.43. The van der Waals surface area contributed by atoms with Crippen LogP contribution >= 0.6 is 11.6 Å². The Morgan fingerprint density at radius 1 is 1.14 bits per heavy atom. The van der Waals surface area contributed by atoms with Crippen molar-refractivity contribution in [1.82, 2.24) is 0 Å². The quantitative estimate of drug-likeness (QED) is 0.426. The van der Waals surface area contributed by atoms with Crippen molar-refractivity contribution in [2.24, 2.45) is 0 Å². The Labute approximate surface area is 166 Å². The van der Waals surface area contributed by atoms with Gasteiger partial charge in [0.25, 0.3) is 11.6 Å². The molecule has 28 heavy (non-hydrogen) atoms. The van der Waals surface area contributed by atoms with Crippen molar-refractivity contribution in [2.75, 3.05) is 18.5 Å². The molecule has 2 aromatic rings. The molecule has 0 heterocycles. The van der Waals surface area contributed by atoms with Gasteiger partial charge in [0.05, 0.1) is 9.95 Å². The Hall–Kier alpha value is -3.13. The fraction of sp³-hybridized carbons (Fsp3) is 0.263. The zero-order valence-electron chi connectivity index (χ0n) is 15.6. The van der Waals surface area contributed by atoms with Gasteiger partial charge in [0.2, 0.25) is 0 Å². The number of anilines is 1. The maximum Gasteiger partial charge on any atom is 0.344 e. The smallest absolute Gasteiger partial charge is 0.344 e. The van der Waals surface area contributed by atoms with E-state index in [0.717, 1.165) is 11.1 Å². The Morgan fingerprint density at radius 3 is 2.54 bits per heavy atom. The number of amides is 1. The molecule has 2 rings (SSSR count). The number of rotatable bonds is 7.